The molecule has 0 bridgehead atoms. The number of nitrogens with zero attached hydrogens (tertiary/aromatic N) is 3. The molecule has 1 fully saturated rings. The highest BCUT2D eigenvalue weighted by atomic mass is 35.5. The van der Waals surface area contributed by atoms with Crippen LogP contribution in [-0.2, 0) is 16.1 Å². The molecule has 0 saturated heterocycles. The Hall–Kier alpha value is -2.77. The van der Waals surface area contributed by atoms with Crippen molar-refractivity contribution in [3.05, 3.63) is 76.4 Å². The normalized spacial score (nSPS) is 18.6. The minimum atomic E-state index is -0.744. The highest BCUT2D eigenvalue weighted by Crippen LogP contribution is 2.40. The predicted molar refractivity (Wildman–Crippen MR) is 134 cm³/mol. The van der Waals surface area contributed by atoms with Crippen LogP contribution >= 0.6 is 23.4 Å². The van der Waals surface area contributed by atoms with E-state index in [0.717, 1.165) is 53.2 Å². The van der Waals surface area contributed by atoms with Gasteiger partial charge in [-0.15, -0.1) is 0 Å². The molecule has 3 aromatic rings. The van der Waals surface area contributed by atoms with E-state index in [2.05, 4.69) is 5.32 Å². The van der Waals surface area contributed by atoms with Crippen LogP contribution in [0.2, 0.25) is 5.02 Å². The summed E-state index contributed by atoms with van der Waals surface area (Å²) in [4.78, 5) is 28.9. The van der Waals surface area contributed by atoms with Crippen LogP contribution in [0.1, 0.15) is 48.5 Å². The molecule has 1 aliphatic heterocycles. The second-order valence-corrected chi connectivity index (χ2v) is 10.3. The van der Waals surface area contributed by atoms with Crippen molar-refractivity contribution in [1.29, 1.82) is 0 Å². The molecule has 6 nitrogen and oxygen atoms in total. The third kappa shape index (κ3) is 4.59. The van der Waals surface area contributed by atoms with Gasteiger partial charge in [0.05, 0.1) is 17.1 Å². The van der Waals surface area contributed by atoms with Crippen molar-refractivity contribution in [3.8, 4) is 5.69 Å². The number of thioether (sulfide) groups is 1. The van der Waals surface area contributed by atoms with Crippen molar-refractivity contribution in [2.24, 2.45) is 0 Å². The molecule has 5 rings (SSSR count). The Kier molecular flexibility index (Phi) is 6.66. The second kappa shape index (κ2) is 9.84. The van der Waals surface area contributed by atoms with Gasteiger partial charge >= 0.3 is 0 Å². The number of halogens is 1. The first-order valence-corrected chi connectivity index (χ1v) is 13.0. The van der Waals surface area contributed by atoms with Crippen LogP contribution in [-0.4, -0.2) is 38.3 Å². The lowest BCUT2D eigenvalue weighted by Gasteiger charge is -2.30. The zero-order valence-corrected chi connectivity index (χ0v) is 20.6. The Labute approximate surface area is 208 Å². The quantitative estimate of drug-likeness (QED) is 0.537. The van der Waals surface area contributed by atoms with Crippen molar-refractivity contribution >= 4 is 35.2 Å². The molecule has 8 heteroatoms. The van der Waals surface area contributed by atoms with Crippen LogP contribution in [0.15, 0.2) is 59.6 Å². The standard InChI is InChI=1S/C26H27ClN4O2S/c1-17-23-24(25(33)28-20-7-5-6-8-20)30(15-18-11-13-19(27)14-12-18)22(32)16-34-26(23)31(29-17)21-9-3-2-4-10-21/h2-4,9-14,20,24H,5-8,15-16H2,1H3,(H,28,33). The maximum Gasteiger partial charge on any atom is 0.247 e. The minimum Gasteiger partial charge on any atom is -0.351 e. The number of fused-ring (bicyclic) bond motifs is 1. The van der Waals surface area contributed by atoms with Gasteiger partial charge in [-0.05, 0) is 49.6 Å². The maximum atomic E-state index is 13.8. The first-order chi connectivity index (χ1) is 16.5. The number of benzene rings is 2. The summed E-state index contributed by atoms with van der Waals surface area (Å²) >= 11 is 7.52. The summed E-state index contributed by atoms with van der Waals surface area (Å²) in [5, 5.41) is 9.53. The lowest BCUT2D eigenvalue weighted by atomic mass is 10.0. The highest BCUT2D eigenvalue weighted by molar-refractivity contribution is 8.00. The lowest BCUT2D eigenvalue weighted by Crippen LogP contribution is -2.46. The van der Waals surface area contributed by atoms with Gasteiger partial charge in [-0.1, -0.05) is 66.5 Å². The molecule has 1 unspecified atom stereocenters. The Morgan fingerprint density at radius 2 is 1.82 bits per heavy atom. The number of hydrogen-bond donors (Lipinski definition) is 1. The number of carbonyl (C=O) groups excluding carboxylic acids is 2. The number of nitrogens with one attached hydrogen (secondary N) is 1. The molecular formula is C26H27ClN4O2S. The van der Waals surface area contributed by atoms with E-state index in [0.29, 0.717) is 11.6 Å². The van der Waals surface area contributed by atoms with Gasteiger partial charge in [-0.2, -0.15) is 5.10 Å². The Balaban J connectivity index is 1.58. The zero-order chi connectivity index (χ0) is 23.7. The van der Waals surface area contributed by atoms with E-state index < -0.39 is 6.04 Å². The summed E-state index contributed by atoms with van der Waals surface area (Å²) in [6.45, 7) is 2.25. The number of carbonyl (C=O) groups is 2. The fourth-order valence-corrected chi connectivity index (χ4v) is 6.05. The lowest BCUT2D eigenvalue weighted by molar-refractivity contribution is -0.140. The second-order valence-electron chi connectivity index (χ2n) is 8.88. The third-order valence-electron chi connectivity index (χ3n) is 6.52. The molecule has 1 atom stereocenters. The Morgan fingerprint density at radius 3 is 2.53 bits per heavy atom. The SMILES string of the molecule is Cc1nn(-c2ccccc2)c2c1C(C(=O)NC1CCCC1)N(Cc1ccc(Cl)cc1)C(=O)CS2. The summed E-state index contributed by atoms with van der Waals surface area (Å²) < 4.78 is 1.87. The average molecular weight is 495 g/mol. The van der Waals surface area contributed by atoms with Gasteiger partial charge in [0.15, 0.2) is 0 Å². The first kappa shape index (κ1) is 23.0. The van der Waals surface area contributed by atoms with Crippen LogP contribution in [0.5, 0.6) is 0 Å². The zero-order valence-electron chi connectivity index (χ0n) is 19.0. The fraction of sp³-hybridized carbons (Fsp3) is 0.346. The molecular weight excluding hydrogens is 468 g/mol. The molecule has 34 heavy (non-hydrogen) atoms. The van der Waals surface area contributed by atoms with Crippen molar-refractivity contribution in [2.75, 3.05) is 5.75 Å². The molecule has 1 N–H and O–H groups in total. The van der Waals surface area contributed by atoms with E-state index in [9.17, 15) is 9.59 Å². The average Bonchev–Trinajstić information content (AvgIpc) is 3.43. The van der Waals surface area contributed by atoms with Gasteiger partial charge < -0.3 is 10.2 Å². The number of rotatable bonds is 5. The number of aryl methyl sites for hydroxylation is 1. The Bertz CT molecular complexity index is 1190. The topological polar surface area (TPSA) is 67.2 Å². The predicted octanol–water partition coefficient (Wildman–Crippen LogP) is 5.07. The minimum absolute atomic E-state index is 0.0678. The van der Waals surface area contributed by atoms with Gasteiger partial charge in [0.25, 0.3) is 0 Å². The van der Waals surface area contributed by atoms with Crippen LogP contribution in [0.3, 0.4) is 0 Å². The number of aromatic nitrogens is 2. The van der Waals surface area contributed by atoms with Crippen LogP contribution in [0.25, 0.3) is 5.69 Å². The van der Waals surface area contributed by atoms with E-state index in [1.807, 2.05) is 66.2 Å². The van der Waals surface area contributed by atoms with Crippen LogP contribution in [0.4, 0.5) is 0 Å². The highest BCUT2D eigenvalue weighted by Gasteiger charge is 2.40. The summed E-state index contributed by atoms with van der Waals surface area (Å²) in [6.07, 6.45) is 4.20. The van der Waals surface area contributed by atoms with Gasteiger partial charge in [0.1, 0.15) is 11.1 Å². The molecule has 2 heterocycles. The van der Waals surface area contributed by atoms with E-state index in [1.165, 1.54) is 11.8 Å². The number of hydrogen-bond acceptors (Lipinski definition) is 4. The molecule has 0 spiro atoms. The molecule has 0 radical (unpaired) electrons. The van der Waals surface area contributed by atoms with Crippen LogP contribution < -0.4 is 5.32 Å². The van der Waals surface area contributed by atoms with E-state index in [1.54, 1.807) is 4.90 Å². The summed E-state index contributed by atoms with van der Waals surface area (Å²) in [6, 6.07) is 16.7. The van der Waals surface area contributed by atoms with Gasteiger partial charge in [-0.3, -0.25) is 9.59 Å². The summed E-state index contributed by atoms with van der Waals surface area (Å²) in [5.41, 5.74) is 3.41. The smallest absolute Gasteiger partial charge is 0.247 e. The van der Waals surface area contributed by atoms with Crippen molar-refractivity contribution in [3.63, 3.8) is 0 Å². The molecule has 176 valence electrons. The van der Waals surface area contributed by atoms with Crippen molar-refractivity contribution < 1.29 is 9.59 Å². The van der Waals surface area contributed by atoms with Crippen molar-refractivity contribution in [2.45, 2.75) is 56.3 Å². The first-order valence-electron chi connectivity index (χ1n) is 11.6. The summed E-state index contributed by atoms with van der Waals surface area (Å²) in [7, 11) is 0. The molecule has 2 amide bonds. The van der Waals surface area contributed by atoms with E-state index >= 15 is 0 Å². The van der Waals surface area contributed by atoms with Gasteiger partial charge in [0, 0.05) is 23.2 Å². The third-order valence-corrected chi connectivity index (χ3v) is 7.83. The fourth-order valence-electron chi connectivity index (χ4n) is 4.82. The number of para-hydroxylation sites is 1. The van der Waals surface area contributed by atoms with Gasteiger partial charge in [0.2, 0.25) is 11.8 Å². The monoisotopic (exact) mass is 494 g/mol. The molecule has 1 aliphatic carbocycles. The van der Waals surface area contributed by atoms with E-state index in [4.69, 9.17) is 16.7 Å². The molecule has 1 aromatic heterocycles. The largest absolute Gasteiger partial charge is 0.351 e. The molecule has 1 saturated carbocycles. The van der Waals surface area contributed by atoms with Crippen LogP contribution in [0, 0.1) is 6.92 Å². The van der Waals surface area contributed by atoms with Crippen molar-refractivity contribution in [1.82, 2.24) is 20.0 Å². The van der Waals surface area contributed by atoms with Gasteiger partial charge in [-0.25, -0.2) is 4.68 Å². The number of amides is 2. The molecule has 2 aromatic carbocycles. The maximum absolute atomic E-state index is 13.8. The van der Waals surface area contributed by atoms with E-state index in [-0.39, 0.29) is 23.6 Å². The summed E-state index contributed by atoms with van der Waals surface area (Å²) in [5.74, 6) is 0.0431. The molecule has 2 aliphatic rings. The Morgan fingerprint density at radius 1 is 1.12 bits per heavy atom.